The summed E-state index contributed by atoms with van der Waals surface area (Å²) in [6, 6.07) is 28.1. The lowest BCUT2D eigenvalue weighted by Gasteiger charge is -2.08. The van der Waals surface area contributed by atoms with Crippen LogP contribution in [0, 0.1) is 0 Å². The van der Waals surface area contributed by atoms with Crippen molar-refractivity contribution in [2.45, 2.75) is 23.6 Å². The minimum absolute atomic E-state index is 0.185. The standard InChI is InChI=1S/C30H30N4O4S/c1-3-37-29-11-7-5-9-23(29)21-31-33-25-13-17-27(18-14-25)39(35,36)28-19-15-26(16-20-28)34-32-22-24-10-6-8-12-30(24)38-4-2/h5-22,33-34H,3-4H2,1-2H3/b31-21+,32-22?. The average molecular weight is 543 g/mol. The van der Waals surface area contributed by atoms with E-state index in [1.54, 1.807) is 61.0 Å². The number of hydrogen-bond acceptors (Lipinski definition) is 8. The van der Waals surface area contributed by atoms with Gasteiger partial charge < -0.3 is 9.47 Å². The first-order valence-electron chi connectivity index (χ1n) is 12.5. The lowest BCUT2D eigenvalue weighted by molar-refractivity contribution is 0.339. The fourth-order valence-electron chi connectivity index (χ4n) is 3.65. The van der Waals surface area contributed by atoms with Crippen LogP contribution < -0.4 is 20.3 Å². The molecule has 2 N–H and O–H groups in total. The van der Waals surface area contributed by atoms with Gasteiger partial charge in [-0.1, -0.05) is 24.3 Å². The molecule has 39 heavy (non-hydrogen) atoms. The monoisotopic (exact) mass is 542 g/mol. The van der Waals surface area contributed by atoms with Gasteiger partial charge in [-0.2, -0.15) is 10.2 Å². The van der Waals surface area contributed by atoms with Gasteiger partial charge in [0.1, 0.15) is 11.5 Å². The molecule has 0 atom stereocenters. The van der Waals surface area contributed by atoms with Crippen molar-refractivity contribution in [1.29, 1.82) is 0 Å². The first-order valence-corrected chi connectivity index (χ1v) is 14.0. The number of nitrogens with one attached hydrogen (secondary N) is 2. The van der Waals surface area contributed by atoms with Crippen molar-refractivity contribution >= 4 is 33.6 Å². The Hall–Kier alpha value is -4.63. The molecule has 0 saturated heterocycles. The highest BCUT2D eigenvalue weighted by Crippen LogP contribution is 2.24. The summed E-state index contributed by atoms with van der Waals surface area (Å²) in [7, 11) is -3.69. The number of benzene rings is 4. The average Bonchev–Trinajstić information content (AvgIpc) is 2.96. The van der Waals surface area contributed by atoms with Crippen molar-refractivity contribution in [2.75, 3.05) is 24.1 Å². The minimum atomic E-state index is -3.69. The molecule has 0 spiro atoms. The largest absolute Gasteiger partial charge is 0.493 e. The van der Waals surface area contributed by atoms with E-state index < -0.39 is 9.84 Å². The molecule has 4 aromatic rings. The van der Waals surface area contributed by atoms with Gasteiger partial charge in [0.2, 0.25) is 9.84 Å². The molecule has 4 aromatic carbocycles. The molecular formula is C30H30N4O4S. The van der Waals surface area contributed by atoms with E-state index in [2.05, 4.69) is 21.1 Å². The van der Waals surface area contributed by atoms with Crippen LogP contribution in [0.5, 0.6) is 11.5 Å². The lowest BCUT2D eigenvalue weighted by Crippen LogP contribution is -2.02. The zero-order chi connectivity index (χ0) is 27.5. The number of anilines is 2. The summed E-state index contributed by atoms with van der Waals surface area (Å²) in [5.74, 6) is 1.49. The number of rotatable bonds is 12. The zero-order valence-corrected chi connectivity index (χ0v) is 22.6. The van der Waals surface area contributed by atoms with Gasteiger partial charge in [0, 0.05) is 11.1 Å². The van der Waals surface area contributed by atoms with Crippen molar-refractivity contribution in [2.24, 2.45) is 10.2 Å². The fourth-order valence-corrected chi connectivity index (χ4v) is 4.92. The van der Waals surface area contributed by atoms with E-state index >= 15 is 0 Å². The first-order chi connectivity index (χ1) is 19.0. The number of para-hydroxylation sites is 2. The Balaban J connectivity index is 1.38. The number of nitrogens with zero attached hydrogens (tertiary/aromatic N) is 2. The van der Waals surface area contributed by atoms with E-state index in [0.717, 1.165) is 22.6 Å². The summed E-state index contributed by atoms with van der Waals surface area (Å²) in [5, 5.41) is 8.48. The second kappa shape index (κ2) is 13.3. The van der Waals surface area contributed by atoms with Crippen LogP contribution in [0.4, 0.5) is 11.4 Å². The summed E-state index contributed by atoms with van der Waals surface area (Å²) in [5.41, 5.74) is 8.83. The fraction of sp³-hybridized carbons (Fsp3) is 0.133. The Morgan fingerprint density at radius 1 is 0.615 bits per heavy atom. The van der Waals surface area contributed by atoms with Crippen LogP contribution in [0.3, 0.4) is 0 Å². The normalized spacial score (nSPS) is 11.5. The highest BCUT2D eigenvalue weighted by molar-refractivity contribution is 7.91. The number of hydrazone groups is 2. The molecule has 200 valence electrons. The molecule has 9 heteroatoms. The van der Waals surface area contributed by atoms with E-state index in [1.807, 2.05) is 62.4 Å². The van der Waals surface area contributed by atoms with E-state index in [1.165, 1.54) is 0 Å². The summed E-state index contributed by atoms with van der Waals surface area (Å²) in [6.45, 7) is 4.97. The molecular weight excluding hydrogens is 512 g/mol. The summed E-state index contributed by atoms with van der Waals surface area (Å²) < 4.78 is 37.4. The molecule has 0 aliphatic rings. The molecule has 0 fully saturated rings. The van der Waals surface area contributed by atoms with Crippen molar-refractivity contribution in [3.63, 3.8) is 0 Å². The molecule has 4 rings (SSSR count). The maximum absolute atomic E-state index is 13.1. The second-order valence-corrected chi connectivity index (χ2v) is 10.2. The number of ether oxygens (including phenoxy) is 2. The lowest BCUT2D eigenvalue weighted by atomic mass is 10.2. The molecule has 0 aromatic heterocycles. The Labute approximate surface area is 228 Å². The highest BCUT2D eigenvalue weighted by atomic mass is 32.2. The molecule has 0 heterocycles. The highest BCUT2D eigenvalue weighted by Gasteiger charge is 2.17. The third-order valence-corrected chi connectivity index (χ3v) is 7.35. The van der Waals surface area contributed by atoms with Crippen LogP contribution >= 0.6 is 0 Å². The summed E-state index contributed by atoms with van der Waals surface area (Å²) >= 11 is 0. The van der Waals surface area contributed by atoms with Crippen molar-refractivity contribution in [3.8, 4) is 11.5 Å². The first kappa shape index (κ1) is 27.4. The van der Waals surface area contributed by atoms with E-state index in [4.69, 9.17) is 9.47 Å². The van der Waals surface area contributed by atoms with Crippen molar-refractivity contribution in [3.05, 3.63) is 108 Å². The quantitative estimate of drug-likeness (QED) is 0.163. The molecule has 0 bridgehead atoms. The van der Waals surface area contributed by atoms with Crippen LogP contribution in [-0.4, -0.2) is 34.1 Å². The van der Waals surface area contributed by atoms with E-state index in [0.29, 0.717) is 24.6 Å². The van der Waals surface area contributed by atoms with Crippen molar-refractivity contribution < 1.29 is 17.9 Å². The van der Waals surface area contributed by atoms with Crippen LogP contribution in [0.2, 0.25) is 0 Å². The maximum atomic E-state index is 13.1. The predicted molar refractivity (Wildman–Crippen MR) is 156 cm³/mol. The number of sulfone groups is 1. The van der Waals surface area contributed by atoms with Gasteiger partial charge >= 0.3 is 0 Å². The third kappa shape index (κ3) is 7.24. The molecule has 0 saturated carbocycles. The second-order valence-electron chi connectivity index (χ2n) is 8.23. The van der Waals surface area contributed by atoms with Gasteiger partial charge in [-0.05, 0) is 86.6 Å². The van der Waals surface area contributed by atoms with Crippen LogP contribution in [-0.2, 0) is 9.84 Å². The van der Waals surface area contributed by atoms with Crippen LogP contribution in [0.15, 0.2) is 117 Å². The van der Waals surface area contributed by atoms with Crippen LogP contribution in [0.25, 0.3) is 0 Å². The maximum Gasteiger partial charge on any atom is 0.206 e. The predicted octanol–water partition coefficient (Wildman–Crippen LogP) is 6.21. The molecule has 0 amide bonds. The van der Waals surface area contributed by atoms with Gasteiger partial charge in [0.15, 0.2) is 0 Å². The molecule has 8 nitrogen and oxygen atoms in total. The van der Waals surface area contributed by atoms with Gasteiger partial charge in [0.25, 0.3) is 0 Å². The van der Waals surface area contributed by atoms with Gasteiger partial charge in [0.05, 0.1) is 46.8 Å². The Morgan fingerprint density at radius 2 is 1.00 bits per heavy atom. The molecule has 0 aliphatic carbocycles. The van der Waals surface area contributed by atoms with E-state index in [9.17, 15) is 8.42 Å². The summed E-state index contributed by atoms with van der Waals surface area (Å²) in [6.07, 6.45) is 3.32. The Morgan fingerprint density at radius 3 is 1.38 bits per heavy atom. The number of hydrogen-bond donors (Lipinski definition) is 2. The summed E-state index contributed by atoms with van der Waals surface area (Å²) in [4.78, 5) is 0.370. The SMILES string of the molecule is CCOc1ccccc1C=NNc1ccc(S(=O)(=O)c2ccc(N/N=C/c3ccccc3OCC)cc2)cc1. The molecule has 0 unspecified atom stereocenters. The smallest absolute Gasteiger partial charge is 0.206 e. The van der Waals surface area contributed by atoms with Crippen molar-refractivity contribution in [1.82, 2.24) is 0 Å². The van der Waals surface area contributed by atoms with Gasteiger partial charge in [-0.25, -0.2) is 8.42 Å². The third-order valence-electron chi connectivity index (χ3n) is 5.56. The molecule has 0 aliphatic heterocycles. The van der Waals surface area contributed by atoms with Gasteiger partial charge in [-0.15, -0.1) is 0 Å². The topological polar surface area (TPSA) is 101 Å². The molecule has 0 radical (unpaired) electrons. The zero-order valence-electron chi connectivity index (χ0n) is 21.7. The van der Waals surface area contributed by atoms with Crippen LogP contribution in [0.1, 0.15) is 25.0 Å². The Bertz CT molecular complexity index is 1420. The minimum Gasteiger partial charge on any atom is -0.493 e. The van der Waals surface area contributed by atoms with Gasteiger partial charge in [-0.3, -0.25) is 10.9 Å². The Kier molecular flexibility index (Phi) is 9.31. The van der Waals surface area contributed by atoms with E-state index in [-0.39, 0.29) is 9.79 Å².